The number of esters is 1. The summed E-state index contributed by atoms with van der Waals surface area (Å²) in [7, 11) is 1.29. The van der Waals surface area contributed by atoms with Gasteiger partial charge in [-0.05, 0) is 61.7 Å². The first-order valence-electron chi connectivity index (χ1n) is 9.71. The van der Waals surface area contributed by atoms with E-state index in [2.05, 4.69) is 10.6 Å². The molecule has 3 rings (SSSR count). The first kappa shape index (κ1) is 22.4. The Bertz CT molecular complexity index is 1090. The molecule has 0 aromatic heterocycles. The number of aryl methyl sites for hydroxylation is 3. The summed E-state index contributed by atoms with van der Waals surface area (Å²) < 4.78 is 4.72. The Morgan fingerprint density at radius 2 is 1.81 bits per heavy atom. The van der Waals surface area contributed by atoms with Gasteiger partial charge in [-0.1, -0.05) is 17.7 Å². The first-order chi connectivity index (χ1) is 14.7. The van der Waals surface area contributed by atoms with Crippen LogP contribution in [0.25, 0.3) is 0 Å². The number of anilines is 3. The molecule has 0 aliphatic carbocycles. The van der Waals surface area contributed by atoms with Gasteiger partial charge >= 0.3 is 5.97 Å². The number of hydrogen-bond acceptors (Lipinski definition) is 5. The van der Waals surface area contributed by atoms with Crippen molar-refractivity contribution >= 4 is 46.4 Å². The number of halogens is 1. The number of fused-ring (bicyclic) bond motifs is 1. The lowest BCUT2D eigenvalue weighted by molar-refractivity contribution is -0.139. The number of carbonyl (C=O) groups excluding carboxylic acids is 3. The van der Waals surface area contributed by atoms with Gasteiger partial charge in [-0.2, -0.15) is 0 Å². The second-order valence-corrected chi connectivity index (χ2v) is 7.87. The average Bonchev–Trinajstić information content (AvgIpc) is 2.82. The van der Waals surface area contributed by atoms with Crippen LogP contribution in [-0.2, 0) is 19.1 Å². The SMILES string of the molecule is COC(=O)CC1=CC(=O)N(CC(=O)Nc2cc(Cl)ccc2C)c2cc(C)c(C)cc2N1. The van der Waals surface area contributed by atoms with Crippen LogP contribution in [0.1, 0.15) is 23.1 Å². The number of nitrogens with one attached hydrogen (secondary N) is 2. The average molecular weight is 442 g/mol. The Morgan fingerprint density at radius 3 is 2.52 bits per heavy atom. The number of ether oxygens (including phenoxy) is 1. The van der Waals surface area contributed by atoms with Crippen molar-refractivity contribution in [2.75, 3.05) is 29.2 Å². The molecule has 31 heavy (non-hydrogen) atoms. The summed E-state index contributed by atoms with van der Waals surface area (Å²) in [6.45, 7) is 5.54. The van der Waals surface area contributed by atoms with Crippen molar-refractivity contribution in [1.29, 1.82) is 0 Å². The van der Waals surface area contributed by atoms with Crippen molar-refractivity contribution in [3.63, 3.8) is 0 Å². The van der Waals surface area contributed by atoms with Gasteiger partial charge in [0.1, 0.15) is 6.54 Å². The Balaban J connectivity index is 1.93. The fraction of sp³-hybridized carbons (Fsp3) is 0.261. The standard InChI is InChI=1S/C23H24ClN3O4/c1-13-5-6-16(24)9-18(13)26-21(28)12-27-20-8-15(3)14(2)7-19(20)25-17(10-22(27)29)11-23(30)31-4/h5-10,25H,11-12H2,1-4H3,(H,26,28). The molecule has 8 heteroatoms. The summed E-state index contributed by atoms with van der Waals surface area (Å²) in [5.74, 6) is -1.25. The number of hydrogen-bond donors (Lipinski definition) is 2. The molecule has 1 heterocycles. The van der Waals surface area contributed by atoms with E-state index < -0.39 is 11.9 Å². The predicted molar refractivity (Wildman–Crippen MR) is 121 cm³/mol. The minimum absolute atomic E-state index is 0.0870. The van der Waals surface area contributed by atoms with Crippen molar-refractivity contribution < 1.29 is 19.1 Å². The second-order valence-electron chi connectivity index (χ2n) is 7.43. The molecule has 2 aromatic rings. The number of rotatable bonds is 5. The van der Waals surface area contributed by atoms with Crippen molar-refractivity contribution in [2.45, 2.75) is 27.2 Å². The molecular formula is C23H24ClN3O4. The smallest absolute Gasteiger partial charge is 0.311 e. The molecule has 0 bridgehead atoms. The highest BCUT2D eigenvalue weighted by Crippen LogP contribution is 2.33. The molecular weight excluding hydrogens is 418 g/mol. The predicted octanol–water partition coefficient (Wildman–Crippen LogP) is 4.11. The lowest BCUT2D eigenvalue weighted by Gasteiger charge is -2.23. The summed E-state index contributed by atoms with van der Waals surface area (Å²) in [6, 6.07) is 8.95. The quantitative estimate of drug-likeness (QED) is 0.682. The van der Waals surface area contributed by atoms with Crippen LogP contribution < -0.4 is 15.5 Å². The summed E-state index contributed by atoms with van der Waals surface area (Å²) in [5.41, 5.74) is 5.01. The molecule has 0 fully saturated rings. The molecule has 0 saturated carbocycles. The topological polar surface area (TPSA) is 87.7 Å². The number of methoxy groups -OCH3 is 1. The van der Waals surface area contributed by atoms with Crippen molar-refractivity contribution in [3.05, 3.63) is 63.8 Å². The first-order valence-corrected chi connectivity index (χ1v) is 10.1. The van der Waals surface area contributed by atoms with Gasteiger partial charge in [0.15, 0.2) is 0 Å². The molecule has 2 aromatic carbocycles. The van der Waals surface area contributed by atoms with Gasteiger partial charge in [-0.25, -0.2) is 0 Å². The Kier molecular flexibility index (Phi) is 6.65. The van der Waals surface area contributed by atoms with E-state index in [1.165, 1.54) is 18.1 Å². The van der Waals surface area contributed by atoms with E-state index >= 15 is 0 Å². The van der Waals surface area contributed by atoms with E-state index in [4.69, 9.17) is 16.3 Å². The van der Waals surface area contributed by atoms with E-state index in [9.17, 15) is 14.4 Å². The summed E-state index contributed by atoms with van der Waals surface area (Å²) in [6.07, 6.45) is 1.23. The van der Waals surface area contributed by atoms with Crippen LogP contribution in [-0.4, -0.2) is 31.4 Å². The summed E-state index contributed by atoms with van der Waals surface area (Å²) in [4.78, 5) is 39.0. The monoisotopic (exact) mass is 441 g/mol. The van der Waals surface area contributed by atoms with Crippen LogP contribution in [0.4, 0.5) is 17.1 Å². The van der Waals surface area contributed by atoms with Gasteiger partial charge in [0, 0.05) is 22.5 Å². The van der Waals surface area contributed by atoms with Gasteiger partial charge < -0.3 is 15.4 Å². The van der Waals surface area contributed by atoms with Crippen LogP contribution >= 0.6 is 11.6 Å². The van der Waals surface area contributed by atoms with Gasteiger partial charge in [0.05, 0.1) is 24.9 Å². The van der Waals surface area contributed by atoms with E-state index in [1.54, 1.807) is 12.1 Å². The van der Waals surface area contributed by atoms with Gasteiger partial charge in [0.2, 0.25) is 5.91 Å². The number of nitrogens with zero attached hydrogens (tertiary/aromatic N) is 1. The molecule has 0 saturated heterocycles. The molecule has 1 aliphatic heterocycles. The van der Waals surface area contributed by atoms with Crippen molar-refractivity contribution in [2.24, 2.45) is 0 Å². The van der Waals surface area contributed by atoms with Crippen molar-refractivity contribution in [1.82, 2.24) is 0 Å². The molecule has 7 nitrogen and oxygen atoms in total. The fourth-order valence-corrected chi connectivity index (χ4v) is 3.40. The lowest BCUT2D eigenvalue weighted by atomic mass is 10.1. The normalized spacial score (nSPS) is 13.0. The highest BCUT2D eigenvalue weighted by Gasteiger charge is 2.26. The molecule has 2 amide bonds. The third-order valence-electron chi connectivity index (χ3n) is 5.10. The van der Waals surface area contributed by atoms with Gasteiger partial charge in [0.25, 0.3) is 5.91 Å². The Morgan fingerprint density at radius 1 is 1.10 bits per heavy atom. The zero-order valence-electron chi connectivity index (χ0n) is 17.8. The lowest BCUT2D eigenvalue weighted by Crippen LogP contribution is -2.37. The minimum atomic E-state index is -0.473. The number of benzene rings is 2. The van der Waals surface area contributed by atoms with Gasteiger partial charge in [-0.15, -0.1) is 0 Å². The van der Waals surface area contributed by atoms with E-state index in [-0.39, 0.29) is 18.9 Å². The third kappa shape index (κ3) is 5.24. The largest absolute Gasteiger partial charge is 0.469 e. The molecule has 2 N–H and O–H groups in total. The van der Waals surface area contributed by atoms with Crippen molar-refractivity contribution in [3.8, 4) is 0 Å². The highest BCUT2D eigenvalue weighted by molar-refractivity contribution is 6.31. The Hall–Kier alpha value is -3.32. The minimum Gasteiger partial charge on any atom is -0.469 e. The van der Waals surface area contributed by atoms with Gasteiger partial charge in [-0.3, -0.25) is 19.3 Å². The van der Waals surface area contributed by atoms with Crippen LogP contribution in [0.3, 0.4) is 0 Å². The van der Waals surface area contributed by atoms with Crippen LogP contribution in [0.15, 0.2) is 42.1 Å². The Labute approximate surface area is 186 Å². The maximum atomic E-state index is 13.0. The molecule has 0 radical (unpaired) electrons. The molecule has 1 aliphatic rings. The molecule has 0 atom stereocenters. The molecule has 162 valence electrons. The maximum absolute atomic E-state index is 13.0. The fourth-order valence-electron chi connectivity index (χ4n) is 3.23. The maximum Gasteiger partial charge on any atom is 0.311 e. The van der Waals surface area contributed by atoms with E-state index in [0.29, 0.717) is 27.8 Å². The van der Waals surface area contributed by atoms with E-state index in [1.807, 2.05) is 39.0 Å². The molecule has 0 spiro atoms. The number of carbonyl (C=O) groups is 3. The summed E-state index contributed by atoms with van der Waals surface area (Å²) in [5, 5.41) is 6.46. The van der Waals surface area contributed by atoms with Crippen LogP contribution in [0, 0.1) is 20.8 Å². The summed E-state index contributed by atoms with van der Waals surface area (Å²) >= 11 is 6.04. The molecule has 0 unspecified atom stereocenters. The third-order valence-corrected chi connectivity index (χ3v) is 5.33. The van der Waals surface area contributed by atoms with Crippen LogP contribution in [0.5, 0.6) is 0 Å². The van der Waals surface area contributed by atoms with E-state index in [0.717, 1.165) is 16.7 Å². The second kappa shape index (κ2) is 9.22. The number of amides is 2. The highest BCUT2D eigenvalue weighted by atomic mass is 35.5. The zero-order chi connectivity index (χ0) is 22.7. The zero-order valence-corrected chi connectivity index (χ0v) is 18.6. The van der Waals surface area contributed by atoms with Crippen LogP contribution in [0.2, 0.25) is 5.02 Å².